The van der Waals surface area contributed by atoms with E-state index in [-0.39, 0.29) is 11.8 Å². The summed E-state index contributed by atoms with van der Waals surface area (Å²) < 4.78 is 5.53. The number of rotatable bonds is 8. The number of fused-ring (bicyclic) bond motifs is 1. The average molecular weight is 477 g/mol. The molecule has 166 valence electrons. The van der Waals surface area contributed by atoms with E-state index >= 15 is 0 Å². The topological polar surface area (TPSA) is 67.4 Å². The third kappa shape index (κ3) is 5.48. The number of hydrogen-bond donors (Lipinski definition) is 2. The maximum absolute atomic E-state index is 13.0. The summed E-state index contributed by atoms with van der Waals surface area (Å²) in [7, 11) is 1.66. The van der Waals surface area contributed by atoms with Crippen LogP contribution in [-0.4, -0.2) is 43.6 Å². The lowest BCUT2D eigenvalue weighted by atomic mass is 9.95. The zero-order valence-corrected chi connectivity index (χ0v) is 20.1. The lowest BCUT2D eigenvalue weighted by Crippen LogP contribution is -2.27. The minimum Gasteiger partial charge on any atom is -0.385 e. The van der Waals surface area contributed by atoms with E-state index in [0.717, 1.165) is 37.7 Å². The molecule has 2 aliphatic rings. The van der Waals surface area contributed by atoms with Crippen LogP contribution in [0.15, 0.2) is 24.3 Å². The molecule has 1 aromatic heterocycles. The Hall–Kier alpha value is -1.48. The van der Waals surface area contributed by atoms with Crippen LogP contribution >= 0.6 is 34.9 Å². The van der Waals surface area contributed by atoms with Crippen LogP contribution < -0.4 is 10.6 Å². The van der Waals surface area contributed by atoms with Crippen LogP contribution in [0.3, 0.4) is 0 Å². The summed E-state index contributed by atoms with van der Waals surface area (Å²) in [6.45, 7) is 1.17. The van der Waals surface area contributed by atoms with Gasteiger partial charge in [0.2, 0.25) is 0 Å². The number of ether oxygens (including phenoxy) is 1. The van der Waals surface area contributed by atoms with Gasteiger partial charge in [0.05, 0.1) is 10.1 Å². The molecule has 1 fully saturated rings. The van der Waals surface area contributed by atoms with E-state index in [4.69, 9.17) is 4.74 Å². The Balaban J connectivity index is 1.49. The molecule has 0 saturated carbocycles. The van der Waals surface area contributed by atoms with Crippen LogP contribution in [0.2, 0.25) is 0 Å². The van der Waals surface area contributed by atoms with Gasteiger partial charge in [0.1, 0.15) is 5.00 Å². The maximum Gasteiger partial charge on any atom is 0.256 e. The predicted octanol–water partition coefficient (Wildman–Crippen LogP) is 5.12. The van der Waals surface area contributed by atoms with E-state index in [0.29, 0.717) is 33.9 Å². The van der Waals surface area contributed by atoms with Crippen LogP contribution in [-0.2, 0) is 17.6 Å². The second-order valence-corrected chi connectivity index (χ2v) is 11.5. The van der Waals surface area contributed by atoms with Gasteiger partial charge in [0.15, 0.2) is 0 Å². The smallest absolute Gasteiger partial charge is 0.256 e. The lowest BCUT2D eigenvalue weighted by Gasteiger charge is -2.13. The molecule has 2 N–H and O–H groups in total. The van der Waals surface area contributed by atoms with E-state index in [1.165, 1.54) is 21.9 Å². The number of hydrogen-bond acceptors (Lipinski definition) is 6. The van der Waals surface area contributed by atoms with Crippen molar-refractivity contribution in [2.45, 2.75) is 36.7 Å². The van der Waals surface area contributed by atoms with Crippen molar-refractivity contribution in [1.82, 2.24) is 5.32 Å². The zero-order valence-electron chi connectivity index (χ0n) is 17.7. The fourth-order valence-corrected chi connectivity index (χ4v) is 8.06. The average Bonchev–Trinajstić information content (AvgIpc) is 3.44. The number of amides is 2. The molecule has 0 unspecified atom stereocenters. The van der Waals surface area contributed by atoms with Crippen molar-refractivity contribution < 1.29 is 14.3 Å². The number of anilines is 1. The number of methoxy groups -OCH3 is 1. The molecule has 4 rings (SSSR count). The summed E-state index contributed by atoms with van der Waals surface area (Å²) in [6.07, 6.45) is 4.85. The number of nitrogens with one attached hydrogen (secondary N) is 2. The molecular weight excluding hydrogens is 448 g/mol. The Morgan fingerprint density at radius 3 is 2.55 bits per heavy atom. The van der Waals surface area contributed by atoms with Crippen LogP contribution in [0.4, 0.5) is 5.00 Å². The summed E-state index contributed by atoms with van der Waals surface area (Å²) in [5, 5.41) is 6.71. The molecular formula is C23H28N2O3S3. The number of carbonyl (C=O) groups is 2. The van der Waals surface area contributed by atoms with Crippen molar-refractivity contribution in [3.63, 3.8) is 0 Å². The molecule has 0 radical (unpaired) electrons. The van der Waals surface area contributed by atoms with E-state index in [9.17, 15) is 9.59 Å². The van der Waals surface area contributed by atoms with E-state index in [1.807, 2.05) is 47.8 Å². The number of carbonyl (C=O) groups excluding carboxylic acids is 2. The number of aryl methyl sites for hydroxylation is 1. The van der Waals surface area contributed by atoms with Gasteiger partial charge in [-0.3, -0.25) is 9.59 Å². The number of thiophene rings is 1. The maximum atomic E-state index is 13.0. The summed E-state index contributed by atoms with van der Waals surface area (Å²) in [5.74, 6) is 2.09. The highest BCUT2D eigenvalue weighted by molar-refractivity contribution is 8.19. The third-order valence-electron chi connectivity index (χ3n) is 5.50. The van der Waals surface area contributed by atoms with Crippen LogP contribution in [0.5, 0.6) is 0 Å². The molecule has 1 aromatic carbocycles. The molecule has 2 aromatic rings. The Labute approximate surface area is 196 Å². The molecule has 1 aliphatic carbocycles. The van der Waals surface area contributed by atoms with Crippen molar-refractivity contribution in [1.29, 1.82) is 0 Å². The third-order valence-corrected chi connectivity index (χ3v) is 9.81. The Bertz CT molecular complexity index is 921. The van der Waals surface area contributed by atoms with Crippen molar-refractivity contribution in [2.75, 3.05) is 37.1 Å². The minimum absolute atomic E-state index is 0.101. The summed E-state index contributed by atoms with van der Waals surface area (Å²) in [5.41, 5.74) is 3.64. The van der Waals surface area contributed by atoms with Gasteiger partial charge >= 0.3 is 0 Å². The highest BCUT2D eigenvalue weighted by Crippen LogP contribution is 2.45. The van der Waals surface area contributed by atoms with E-state index in [1.54, 1.807) is 18.4 Å². The van der Waals surface area contributed by atoms with Gasteiger partial charge in [0.25, 0.3) is 11.8 Å². The highest BCUT2D eigenvalue weighted by Gasteiger charge is 2.26. The van der Waals surface area contributed by atoms with Crippen molar-refractivity contribution >= 4 is 51.7 Å². The standard InChI is InChI=1S/C23H28N2O3S3/c1-28-12-4-11-24-21(27)19-17-5-2-3-6-18(17)31-22(19)25-20(26)15-7-9-16(10-8-15)23-29-13-14-30-23/h7-10,23H,2-6,11-14H2,1H3,(H,24,27)(H,25,26). The molecule has 2 amide bonds. The second-order valence-electron chi connectivity index (χ2n) is 7.67. The van der Waals surface area contributed by atoms with Gasteiger partial charge in [-0.05, 0) is 55.4 Å². The van der Waals surface area contributed by atoms with Crippen molar-refractivity contribution in [3.8, 4) is 0 Å². The first-order valence-corrected chi connectivity index (χ1v) is 13.6. The van der Waals surface area contributed by atoms with E-state index < -0.39 is 0 Å². The first kappa shape index (κ1) is 22.7. The summed E-state index contributed by atoms with van der Waals surface area (Å²) in [6, 6.07) is 7.88. The van der Waals surface area contributed by atoms with Gasteiger partial charge < -0.3 is 15.4 Å². The predicted molar refractivity (Wildman–Crippen MR) is 132 cm³/mol. The molecule has 0 spiro atoms. The zero-order chi connectivity index (χ0) is 21.6. The SMILES string of the molecule is COCCCNC(=O)c1c(NC(=O)c2ccc(C3SCCS3)cc2)sc2c1CCCC2. The van der Waals surface area contributed by atoms with Crippen molar-refractivity contribution in [3.05, 3.63) is 51.4 Å². The molecule has 0 atom stereocenters. The molecule has 5 nitrogen and oxygen atoms in total. The first-order chi connectivity index (χ1) is 15.2. The Morgan fingerprint density at radius 2 is 1.81 bits per heavy atom. The largest absolute Gasteiger partial charge is 0.385 e. The number of benzene rings is 1. The first-order valence-electron chi connectivity index (χ1n) is 10.7. The minimum atomic E-state index is -0.162. The van der Waals surface area contributed by atoms with Crippen LogP contribution in [0, 0.1) is 0 Å². The monoisotopic (exact) mass is 476 g/mol. The highest BCUT2D eigenvalue weighted by atomic mass is 32.2. The second kappa shape index (κ2) is 10.9. The molecule has 31 heavy (non-hydrogen) atoms. The molecule has 1 aliphatic heterocycles. The van der Waals surface area contributed by atoms with Gasteiger partial charge in [-0.1, -0.05) is 12.1 Å². The van der Waals surface area contributed by atoms with E-state index in [2.05, 4.69) is 10.6 Å². The normalized spacial score (nSPS) is 16.2. The fourth-order valence-electron chi connectivity index (χ4n) is 3.92. The van der Waals surface area contributed by atoms with Crippen LogP contribution in [0.25, 0.3) is 0 Å². The quantitative estimate of drug-likeness (QED) is 0.518. The van der Waals surface area contributed by atoms with Crippen molar-refractivity contribution in [2.24, 2.45) is 0 Å². The van der Waals surface area contributed by atoms with Gasteiger partial charge in [-0.2, -0.15) is 0 Å². The molecule has 2 heterocycles. The van der Waals surface area contributed by atoms with Gasteiger partial charge in [-0.25, -0.2) is 0 Å². The van der Waals surface area contributed by atoms with Gasteiger partial charge in [-0.15, -0.1) is 34.9 Å². The molecule has 1 saturated heterocycles. The summed E-state index contributed by atoms with van der Waals surface area (Å²) in [4.78, 5) is 27.2. The fraction of sp³-hybridized carbons (Fsp3) is 0.478. The van der Waals surface area contributed by atoms with Gasteiger partial charge in [0, 0.05) is 42.2 Å². The Morgan fingerprint density at radius 1 is 1.06 bits per heavy atom. The summed E-state index contributed by atoms with van der Waals surface area (Å²) >= 11 is 5.46. The molecule has 0 bridgehead atoms. The Kier molecular flexibility index (Phi) is 7.98. The number of thioether (sulfide) groups is 2. The lowest BCUT2D eigenvalue weighted by molar-refractivity contribution is 0.0948. The molecule has 8 heteroatoms. The van der Waals surface area contributed by atoms with Crippen LogP contribution in [0.1, 0.15) is 60.6 Å².